The number of hydrogen-bond acceptors (Lipinski definition) is 3. The Morgan fingerprint density at radius 2 is 1.64 bits per heavy atom. The molecular weight excluding hydrogens is 330 g/mol. The van der Waals surface area contributed by atoms with Crippen molar-refractivity contribution in [1.82, 2.24) is 0 Å². The number of nitrogens with one attached hydrogen (secondary N) is 2. The predicted octanol–water partition coefficient (Wildman–Crippen LogP) is 3.33. The lowest BCUT2D eigenvalue weighted by molar-refractivity contribution is -0.124. The fourth-order valence-corrected chi connectivity index (χ4v) is 2.48. The summed E-state index contributed by atoms with van der Waals surface area (Å²) >= 11 is 0. The minimum Gasteiger partial charge on any atom is -0.368 e. The monoisotopic (exact) mass is 346 g/mol. The number of rotatable bonds is 4. The summed E-state index contributed by atoms with van der Waals surface area (Å²) in [6.07, 6.45) is 1.15. The fraction of sp³-hybridized carbons (Fsp3) is 0.222. The molecule has 1 saturated heterocycles. The van der Waals surface area contributed by atoms with Crippen molar-refractivity contribution >= 4 is 23.2 Å². The minimum absolute atomic E-state index is 0.00895. The highest BCUT2D eigenvalue weighted by molar-refractivity contribution is 6.04. The second-order valence-corrected chi connectivity index (χ2v) is 5.65. The van der Waals surface area contributed by atoms with Crippen LogP contribution in [0, 0.1) is 11.6 Å². The molecule has 130 valence electrons. The summed E-state index contributed by atoms with van der Waals surface area (Å²) in [6.45, 7) is 0.590. The highest BCUT2D eigenvalue weighted by Gasteiger charge is 2.23. The zero-order chi connectivity index (χ0) is 17.8. The molecule has 2 aromatic rings. The molecule has 1 aliphatic rings. The van der Waals surface area contributed by atoms with Crippen LogP contribution >= 0.6 is 0 Å². The Morgan fingerprint density at radius 1 is 0.960 bits per heavy atom. The lowest BCUT2D eigenvalue weighted by Crippen LogP contribution is -2.26. The van der Waals surface area contributed by atoms with Crippen LogP contribution in [-0.4, -0.2) is 24.5 Å². The van der Waals surface area contributed by atoms with E-state index in [9.17, 15) is 18.4 Å². The third-order valence-electron chi connectivity index (χ3n) is 3.81. The van der Waals surface area contributed by atoms with E-state index in [0.717, 1.165) is 18.6 Å². The van der Waals surface area contributed by atoms with Crippen molar-refractivity contribution in [3.8, 4) is 0 Å². The first-order valence-corrected chi connectivity index (χ1v) is 7.82. The van der Waals surface area contributed by atoms with Crippen molar-refractivity contribution in [3.63, 3.8) is 0 Å². The SMILES string of the molecule is O=C(Nc1ccc(NC(=O)C2CCCO2)cc1)c1ccc(F)c(F)c1. The molecular formula is C18H16F2N2O3. The molecule has 1 fully saturated rings. The van der Waals surface area contributed by atoms with Gasteiger partial charge in [0.2, 0.25) is 0 Å². The molecule has 25 heavy (non-hydrogen) atoms. The quantitative estimate of drug-likeness (QED) is 0.892. The van der Waals surface area contributed by atoms with Crippen LogP contribution in [0.25, 0.3) is 0 Å². The van der Waals surface area contributed by atoms with Crippen LogP contribution in [0.15, 0.2) is 42.5 Å². The van der Waals surface area contributed by atoms with Crippen LogP contribution in [-0.2, 0) is 9.53 Å². The number of carbonyl (C=O) groups is 2. The molecule has 2 aromatic carbocycles. The number of ether oxygens (including phenoxy) is 1. The van der Waals surface area contributed by atoms with Crippen molar-refractivity contribution in [2.45, 2.75) is 18.9 Å². The van der Waals surface area contributed by atoms with E-state index in [1.165, 1.54) is 6.07 Å². The average Bonchev–Trinajstić information content (AvgIpc) is 3.14. The Kier molecular flexibility index (Phi) is 5.04. The number of amides is 2. The standard InChI is InChI=1S/C18H16F2N2O3/c19-14-8-3-11(10-15(14)20)17(23)21-12-4-6-13(7-5-12)22-18(24)16-2-1-9-25-16/h3-8,10,16H,1-2,9H2,(H,21,23)(H,22,24). The van der Waals surface area contributed by atoms with Crippen LogP contribution in [0.2, 0.25) is 0 Å². The summed E-state index contributed by atoms with van der Waals surface area (Å²) in [5.74, 6) is -2.85. The van der Waals surface area contributed by atoms with Gasteiger partial charge in [0.25, 0.3) is 11.8 Å². The van der Waals surface area contributed by atoms with E-state index in [-0.39, 0.29) is 11.5 Å². The molecule has 3 rings (SSSR count). The van der Waals surface area contributed by atoms with Crippen molar-refractivity contribution < 1.29 is 23.1 Å². The second kappa shape index (κ2) is 7.40. The maximum atomic E-state index is 13.2. The molecule has 1 unspecified atom stereocenters. The van der Waals surface area contributed by atoms with Gasteiger partial charge in [0.15, 0.2) is 11.6 Å². The van der Waals surface area contributed by atoms with E-state index in [2.05, 4.69) is 10.6 Å². The molecule has 7 heteroatoms. The van der Waals surface area contributed by atoms with Gasteiger partial charge in [-0.15, -0.1) is 0 Å². The number of halogens is 2. The maximum absolute atomic E-state index is 13.2. The van der Waals surface area contributed by atoms with E-state index in [0.29, 0.717) is 24.4 Å². The van der Waals surface area contributed by atoms with E-state index < -0.39 is 23.6 Å². The van der Waals surface area contributed by atoms with E-state index in [1.807, 2.05) is 0 Å². The number of anilines is 2. The second-order valence-electron chi connectivity index (χ2n) is 5.65. The molecule has 0 saturated carbocycles. The first-order valence-electron chi connectivity index (χ1n) is 7.82. The largest absolute Gasteiger partial charge is 0.368 e. The minimum atomic E-state index is -1.08. The molecule has 5 nitrogen and oxygen atoms in total. The lowest BCUT2D eigenvalue weighted by atomic mass is 10.2. The van der Waals surface area contributed by atoms with Gasteiger partial charge in [-0.1, -0.05) is 0 Å². The fourth-order valence-electron chi connectivity index (χ4n) is 2.48. The number of hydrogen-bond donors (Lipinski definition) is 2. The van der Waals surface area contributed by atoms with Crippen LogP contribution in [0.4, 0.5) is 20.2 Å². The van der Waals surface area contributed by atoms with Crippen molar-refractivity contribution in [1.29, 1.82) is 0 Å². The highest BCUT2D eigenvalue weighted by atomic mass is 19.2. The molecule has 1 atom stereocenters. The van der Waals surface area contributed by atoms with Gasteiger partial charge in [0.05, 0.1) is 0 Å². The molecule has 0 aliphatic carbocycles. The number of carbonyl (C=O) groups excluding carboxylic acids is 2. The predicted molar refractivity (Wildman–Crippen MR) is 88.4 cm³/mol. The van der Waals surface area contributed by atoms with Crippen LogP contribution < -0.4 is 10.6 Å². The normalized spacial score (nSPS) is 16.5. The van der Waals surface area contributed by atoms with Gasteiger partial charge in [0, 0.05) is 23.5 Å². The summed E-state index contributed by atoms with van der Waals surface area (Å²) in [7, 11) is 0. The molecule has 0 aromatic heterocycles. The van der Waals surface area contributed by atoms with E-state index >= 15 is 0 Å². The van der Waals surface area contributed by atoms with Gasteiger partial charge < -0.3 is 15.4 Å². The van der Waals surface area contributed by atoms with E-state index in [4.69, 9.17) is 4.74 Å². The smallest absolute Gasteiger partial charge is 0.255 e. The summed E-state index contributed by atoms with van der Waals surface area (Å²) in [5.41, 5.74) is 1.05. The number of benzene rings is 2. The maximum Gasteiger partial charge on any atom is 0.255 e. The van der Waals surface area contributed by atoms with Crippen molar-refractivity contribution in [2.75, 3.05) is 17.2 Å². The Hall–Kier alpha value is -2.80. The topological polar surface area (TPSA) is 67.4 Å². The third-order valence-corrected chi connectivity index (χ3v) is 3.81. The van der Waals surface area contributed by atoms with Gasteiger partial charge in [-0.3, -0.25) is 9.59 Å². The zero-order valence-corrected chi connectivity index (χ0v) is 13.2. The summed E-state index contributed by atoms with van der Waals surface area (Å²) < 4.78 is 31.4. The van der Waals surface area contributed by atoms with Crippen LogP contribution in [0.3, 0.4) is 0 Å². The molecule has 1 heterocycles. The van der Waals surface area contributed by atoms with Gasteiger partial charge in [-0.25, -0.2) is 8.78 Å². The summed E-state index contributed by atoms with van der Waals surface area (Å²) in [4.78, 5) is 24.0. The Morgan fingerprint density at radius 3 is 2.24 bits per heavy atom. The zero-order valence-electron chi connectivity index (χ0n) is 13.2. The van der Waals surface area contributed by atoms with Crippen LogP contribution in [0.5, 0.6) is 0 Å². The molecule has 0 spiro atoms. The summed E-state index contributed by atoms with van der Waals surface area (Å²) in [6, 6.07) is 9.39. The molecule has 2 amide bonds. The van der Waals surface area contributed by atoms with Crippen molar-refractivity contribution in [3.05, 3.63) is 59.7 Å². The average molecular weight is 346 g/mol. The Balaban J connectivity index is 1.61. The lowest BCUT2D eigenvalue weighted by Gasteiger charge is -2.11. The summed E-state index contributed by atoms with van der Waals surface area (Å²) in [5, 5.41) is 5.32. The highest BCUT2D eigenvalue weighted by Crippen LogP contribution is 2.18. The molecule has 0 radical (unpaired) electrons. The van der Waals surface area contributed by atoms with Gasteiger partial charge in [-0.2, -0.15) is 0 Å². The molecule has 0 bridgehead atoms. The van der Waals surface area contributed by atoms with Gasteiger partial charge in [0.1, 0.15) is 6.10 Å². The van der Waals surface area contributed by atoms with Crippen molar-refractivity contribution in [2.24, 2.45) is 0 Å². The van der Waals surface area contributed by atoms with Crippen LogP contribution in [0.1, 0.15) is 23.2 Å². The first kappa shape index (κ1) is 17.0. The Labute approximate surface area is 143 Å². The molecule has 1 aliphatic heterocycles. The first-order chi connectivity index (χ1) is 12.0. The van der Waals surface area contributed by atoms with E-state index in [1.54, 1.807) is 24.3 Å². The third kappa shape index (κ3) is 4.19. The van der Waals surface area contributed by atoms with Gasteiger partial charge in [-0.05, 0) is 55.3 Å². The Bertz CT molecular complexity index is 787. The molecule has 2 N–H and O–H groups in total. The van der Waals surface area contributed by atoms with Gasteiger partial charge >= 0.3 is 0 Å².